The molecule has 1 atom stereocenters. The van der Waals surface area contributed by atoms with Crippen LogP contribution in [0.15, 0.2) is 59.1 Å². The lowest BCUT2D eigenvalue weighted by molar-refractivity contribution is -0.126. The molecule has 5 nitrogen and oxygen atoms in total. The Hall–Kier alpha value is -2.34. The van der Waals surface area contributed by atoms with Crippen molar-refractivity contribution in [3.05, 3.63) is 59.1 Å². The fraction of sp³-hybridized carbons (Fsp3) is 0.263. The molecule has 0 unspecified atom stereocenters. The minimum atomic E-state index is -0.326. The van der Waals surface area contributed by atoms with Crippen LogP contribution in [0.5, 0.6) is 5.75 Å². The molecule has 1 saturated heterocycles. The van der Waals surface area contributed by atoms with Crippen molar-refractivity contribution in [3.63, 3.8) is 0 Å². The molecular weight excluding hydrogens is 384 g/mol. The topological polar surface area (TPSA) is 58.6 Å². The summed E-state index contributed by atoms with van der Waals surface area (Å²) in [6, 6.07) is 17.0. The van der Waals surface area contributed by atoms with Crippen LogP contribution in [-0.4, -0.2) is 31.5 Å². The lowest BCUT2D eigenvalue weighted by Gasteiger charge is -2.16. The largest absolute Gasteiger partial charge is 0.492 e. The monoisotopic (exact) mass is 402 g/mol. The third kappa shape index (κ3) is 4.60. The van der Waals surface area contributed by atoms with E-state index in [0.29, 0.717) is 19.7 Å². The van der Waals surface area contributed by atoms with Gasteiger partial charge in [-0.1, -0.05) is 34.1 Å². The third-order valence-electron chi connectivity index (χ3n) is 4.05. The second-order valence-corrected chi connectivity index (χ2v) is 6.75. The summed E-state index contributed by atoms with van der Waals surface area (Å²) in [5, 5.41) is 2.85. The van der Waals surface area contributed by atoms with Gasteiger partial charge in [0.25, 0.3) is 0 Å². The van der Waals surface area contributed by atoms with Crippen LogP contribution in [0.2, 0.25) is 0 Å². The van der Waals surface area contributed by atoms with E-state index in [2.05, 4.69) is 21.2 Å². The minimum absolute atomic E-state index is 0.0250. The average Bonchev–Trinajstić information content (AvgIpc) is 3.02. The van der Waals surface area contributed by atoms with Crippen LogP contribution in [0.3, 0.4) is 0 Å². The molecule has 130 valence electrons. The van der Waals surface area contributed by atoms with Gasteiger partial charge >= 0.3 is 0 Å². The molecule has 0 saturated carbocycles. The number of amides is 2. The lowest BCUT2D eigenvalue weighted by atomic mass is 10.1. The van der Waals surface area contributed by atoms with Crippen LogP contribution in [0.25, 0.3) is 0 Å². The first-order chi connectivity index (χ1) is 12.1. The highest BCUT2D eigenvalue weighted by molar-refractivity contribution is 9.10. The van der Waals surface area contributed by atoms with Crippen LogP contribution < -0.4 is 15.0 Å². The number of para-hydroxylation sites is 1. The molecule has 3 rings (SSSR count). The normalized spacial score (nSPS) is 16.8. The van der Waals surface area contributed by atoms with Gasteiger partial charge in [0.2, 0.25) is 11.8 Å². The van der Waals surface area contributed by atoms with Gasteiger partial charge in [0.05, 0.1) is 12.5 Å². The SMILES string of the molecule is O=C(NCCOc1ccccc1)[C@H]1CC(=O)N(c2ccc(Br)cc2)C1. The van der Waals surface area contributed by atoms with E-state index in [0.717, 1.165) is 15.9 Å². The molecule has 1 aliphatic rings. The number of benzene rings is 2. The first kappa shape index (κ1) is 17.5. The Kier molecular flexibility index (Phi) is 5.71. The maximum Gasteiger partial charge on any atom is 0.227 e. The number of hydrogen-bond donors (Lipinski definition) is 1. The standard InChI is InChI=1S/C19H19BrN2O3/c20-15-6-8-16(9-7-15)22-13-14(12-18(22)23)19(24)21-10-11-25-17-4-2-1-3-5-17/h1-9,14H,10-13H2,(H,21,24)/t14-/m0/s1. The van der Waals surface area contributed by atoms with Gasteiger partial charge in [0.1, 0.15) is 12.4 Å². The molecule has 1 N–H and O–H groups in total. The number of anilines is 1. The van der Waals surface area contributed by atoms with Gasteiger partial charge in [-0.15, -0.1) is 0 Å². The third-order valence-corrected chi connectivity index (χ3v) is 4.58. The Morgan fingerprint density at radius 1 is 1.16 bits per heavy atom. The van der Waals surface area contributed by atoms with Crippen LogP contribution in [-0.2, 0) is 9.59 Å². The number of nitrogens with one attached hydrogen (secondary N) is 1. The number of hydrogen-bond acceptors (Lipinski definition) is 3. The molecular formula is C19H19BrN2O3. The van der Waals surface area contributed by atoms with Crippen LogP contribution >= 0.6 is 15.9 Å². The Labute approximate surface area is 155 Å². The predicted molar refractivity (Wildman–Crippen MR) is 99.5 cm³/mol. The second kappa shape index (κ2) is 8.16. The Balaban J connectivity index is 1.46. The molecule has 0 aliphatic carbocycles. The molecule has 0 spiro atoms. The fourth-order valence-electron chi connectivity index (χ4n) is 2.76. The fourth-order valence-corrected chi connectivity index (χ4v) is 3.02. The Morgan fingerprint density at radius 2 is 1.88 bits per heavy atom. The number of ether oxygens (including phenoxy) is 1. The second-order valence-electron chi connectivity index (χ2n) is 5.83. The number of rotatable bonds is 6. The zero-order chi connectivity index (χ0) is 17.6. The molecule has 1 aliphatic heterocycles. The molecule has 2 aromatic carbocycles. The van der Waals surface area contributed by atoms with E-state index >= 15 is 0 Å². The molecule has 2 amide bonds. The number of nitrogens with zero attached hydrogens (tertiary/aromatic N) is 1. The van der Waals surface area contributed by atoms with E-state index in [1.807, 2.05) is 54.6 Å². The number of halogens is 1. The summed E-state index contributed by atoms with van der Waals surface area (Å²) in [6.45, 7) is 1.22. The zero-order valence-electron chi connectivity index (χ0n) is 13.7. The maximum absolute atomic E-state index is 12.3. The van der Waals surface area contributed by atoms with E-state index < -0.39 is 0 Å². The summed E-state index contributed by atoms with van der Waals surface area (Å²) in [4.78, 5) is 26.1. The summed E-state index contributed by atoms with van der Waals surface area (Å²) in [5.74, 6) is 0.315. The molecule has 1 fully saturated rings. The Morgan fingerprint density at radius 3 is 2.60 bits per heavy atom. The number of carbonyl (C=O) groups excluding carboxylic acids is 2. The highest BCUT2D eigenvalue weighted by atomic mass is 79.9. The summed E-state index contributed by atoms with van der Waals surface area (Å²) < 4.78 is 6.50. The van der Waals surface area contributed by atoms with Gasteiger partial charge in [0.15, 0.2) is 0 Å². The van der Waals surface area contributed by atoms with Crippen molar-refractivity contribution in [3.8, 4) is 5.75 Å². The highest BCUT2D eigenvalue weighted by Crippen LogP contribution is 2.26. The van der Waals surface area contributed by atoms with Crippen molar-refractivity contribution >= 4 is 33.4 Å². The molecule has 0 aromatic heterocycles. The van der Waals surface area contributed by atoms with Crippen molar-refractivity contribution in [2.24, 2.45) is 5.92 Å². The van der Waals surface area contributed by atoms with Crippen molar-refractivity contribution in [1.82, 2.24) is 5.32 Å². The maximum atomic E-state index is 12.3. The first-order valence-electron chi connectivity index (χ1n) is 8.15. The van der Waals surface area contributed by atoms with Crippen molar-refractivity contribution in [1.29, 1.82) is 0 Å². The molecule has 25 heavy (non-hydrogen) atoms. The van der Waals surface area contributed by atoms with Gasteiger partial charge in [-0.2, -0.15) is 0 Å². The van der Waals surface area contributed by atoms with Crippen LogP contribution in [0.1, 0.15) is 6.42 Å². The Bertz CT molecular complexity index is 734. The summed E-state index contributed by atoms with van der Waals surface area (Å²) in [7, 11) is 0. The van der Waals surface area contributed by atoms with E-state index in [4.69, 9.17) is 4.74 Å². The van der Waals surface area contributed by atoms with Crippen molar-refractivity contribution in [2.75, 3.05) is 24.6 Å². The summed E-state index contributed by atoms with van der Waals surface area (Å²) in [6.07, 6.45) is 0.238. The van der Waals surface area contributed by atoms with Crippen molar-refractivity contribution in [2.45, 2.75) is 6.42 Å². The average molecular weight is 403 g/mol. The predicted octanol–water partition coefficient (Wildman–Crippen LogP) is 3.00. The van der Waals surface area contributed by atoms with Crippen molar-refractivity contribution < 1.29 is 14.3 Å². The van der Waals surface area contributed by atoms with Gasteiger partial charge in [-0.25, -0.2) is 0 Å². The smallest absolute Gasteiger partial charge is 0.227 e. The lowest BCUT2D eigenvalue weighted by Crippen LogP contribution is -2.35. The van der Waals surface area contributed by atoms with E-state index in [1.165, 1.54) is 0 Å². The highest BCUT2D eigenvalue weighted by Gasteiger charge is 2.34. The summed E-state index contributed by atoms with van der Waals surface area (Å²) in [5.41, 5.74) is 0.816. The molecule has 0 bridgehead atoms. The van der Waals surface area contributed by atoms with Crippen LogP contribution in [0.4, 0.5) is 5.69 Å². The first-order valence-corrected chi connectivity index (χ1v) is 8.94. The van der Waals surface area contributed by atoms with Gasteiger partial charge in [-0.3, -0.25) is 9.59 Å². The molecule has 2 aromatic rings. The van der Waals surface area contributed by atoms with Gasteiger partial charge in [-0.05, 0) is 36.4 Å². The van der Waals surface area contributed by atoms with Crippen LogP contribution in [0, 0.1) is 5.92 Å². The zero-order valence-corrected chi connectivity index (χ0v) is 15.2. The summed E-state index contributed by atoms with van der Waals surface area (Å²) >= 11 is 3.38. The number of carbonyl (C=O) groups is 2. The molecule has 0 radical (unpaired) electrons. The minimum Gasteiger partial charge on any atom is -0.492 e. The quantitative estimate of drug-likeness (QED) is 0.755. The molecule has 1 heterocycles. The van der Waals surface area contributed by atoms with Gasteiger partial charge < -0.3 is 15.0 Å². The van der Waals surface area contributed by atoms with E-state index in [9.17, 15) is 9.59 Å². The molecule has 6 heteroatoms. The van der Waals surface area contributed by atoms with E-state index in [-0.39, 0.29) is 24.2 Å². The van der Waals surface area contributed by atoms with Gasteiger partial charge in [0, 0.05) is 23.1 Å². The van der Waals surface area contributed by atoms with E-state index in [1.54, 1.807) is 4.90 Å².